The van der Waals surface area contributed by atoms with E-state index in [4.69, 9.17) is 9.84 Å². The van der Waals surface area contributed by atoms with Gasteiger partial charge in [0.15, 0.2) is 0 Å². The lowest BCUT2D eigenvalue weighted by Gasteiger charge is -2.43. The molecule has 1 spiro atoms. The molecular formula is C14H21N3O3S. The molecule has 0 aliphatic carbocycles. The van der Waals surface area contributed by atoms with Gasteiger partial charge in [0.25, 0.3) is 0 Å². The molecular weight excluding hydrogens is 290 g/mol. The maximum Gasteiger partial charge on any atom is 0.303 e. The van der Waals surface area contributed by atoms with Crippen LogP contribution in [0.15, 0.2) is 6.20 Å². The summed E-state index contributed by atoms with van der Waals surface area (Å²) in [5.41, 5.74) is 0.790. The van der Waals surface area contributed by atoms with Crippen molar-refractivity contribution >= 4 is 17.7 Å². The lowest BCUT2D eigenvalue weighted by Crippen LogP contribution is -2.43. The molecule has 2 saturated heterocycles. The first-order chi connectivity index (χ1) is 10.2. The summed E-state index contributed by atoms with van der Waals surface area (Å²) >= 11 is 2.00. The number of aryl methyl sites for hydroxylation is 1. The average Bonchev–Trinajstić information content (AvgIpc) is 2.95. The van der Waals surface area contributed by atoms with E-state index in [1.165, 1.54) is 11.5 Å². The van der Waals surface area contributed by atoms with Crippen LogP contribution in [0.4, 0.5) is 0 Å². The summed E-state index contributed by atoms with van der Waals surface area (Å²) in [6.07, 6.45) is 6.65. The third-order valence-corrected chi connectivity index (χ3v) is 5.38. The number of aliphatic carboxylic acids is 1. The zero-order chi connectivity index (χ0) is 14.7. The molecule has 1 unspecified atom stereocenters. The number of aromatic nitrogens is 3. The minimum atomic E-state index is -0.797. The molecule has 21 heavy (non-hydrogen) atoms. The maximum absolute atomic E-state index is 10.6. The van der Waals surface area contributed by atoms with Crippen LogP contribution in [0.5, 0.6) is 0 Å². The molecule has 0 amide bonds. The van der Waals surface area contributed by atoms with E-state index in [1.807, 2.05) is 22.6 Å². The number of thioether (sulfide) groups is 1. The Hall–Kier alpha value is -1.08. The second kappa shape index (κ2) is 6.36. The van der Waals surface area contributed by atoms with Gasteiger partial charge in [0.1, 0.15) is 0 Å². The summed E-state index contributed by atoms with van der Waals surface area (Å²) in [5, 5.41) is 17.0. The van der Waals surface area contributed by atoms with Gasteiger partial charge in [-0.2, -0.15) is 11.8 Å². The van der Waals surface area contributed by atoms with E-state index in [9.17, 15) is 4.79 Å². The SMILES string of the molecule is O=C(O)CCc1cn(C2CCOC3(CCSCC3)C2)nn1. The first-order valence-corrected chi connectivity index (χ1v) is 8.67. The van der Waals surface area contributed by atoms with E-state index in [-0.39, 0.29) is 12.0 Å². The highest BCUT2D eigenvalue weighted by Crippen LogP contribution is 2.41. The van der Waals surface area contributed by atoms with E-state index >= 15 is 0 Å². The summed E-state index contributed by atoms with van der Waals surface area (Å²) in [7, 11) is 0. The van der Waals surface area contributed by atoms with Crippen LogP contribution in [-0.2, 0) is 16.0 Å². The standard InChI is InChI=1S/C14H21N3O3S/c18-13(19)2-1-11-10-17(16-15-11)12-3-6-20-14(9-12)4-7-21-8-5-14/h10,12H,1-9H2,(H,18,19). The highest BCUT2D eigenvalue weighted by molar-refractivity contribution is 7.99. The van der Waals surface area contributed by atoms with Gasteiger partial charge >= 0.3 is 5.97 Å². The predicted octanol–water partition coefficient (Wildman–Crippen LogP) is 1.91. The van der Waals surface area contributed by atoms with Crippen molar-refractivity contribution < 1.29 is 14.6 Å². The number of hydrogen-bond acceptors (Lipinski definition) is 5. The van der Waals surface area contributed by atoms with Gasteiger partial charge in [-0.15, -0.1) is 5.10 Å². The smallest absolute Gasteiger partial charge is 0.303 e. The first-order valence-electron chi connectivity index (χ1n) is 7.51. The number of hydrogen-bond donors (Lipinski definition) is 1. The molecule has 2 aliphatic rings. The van der Waals surface area contributed by atoms with Crippen molar-refractivity contribution in [1.29, 1.82) is 0 Å². The van der Waals surface area contributed by atoms with Crippen LogP contribution >= 0.6 is 11.8 Å². The van der Waals surface area contributed by atoms with E-state index in [1.54, 1.807) is 0 Å². The van der Waals surface area contributed by atoms with Crippen molar-refractivity contribution in [1.82, 2.24) is 15.0 Å². The molecule has 1 aromatic rings. The second-order valence-corrected chi connectivity index (χ2v) is 7.10. The molecule has 0 saturated carbocycles. The third-order valence-electron chi connectivity index (χ3n) is 4.40. The van der Waals surface area contributed by atoms with E-state index in [2.05, 4.69) is 10.3 Å². The minimum absolute atomic E-state index is 0.0291. The highest BCUT2D eigenvalue weighted by atomic mass is 32.2. The maximum atomic E-state index is 10.6. The first kappa shape index (κ1) is 14.8. The molecule has 2 aliphatic heterocycles. The fourth-order valence-electron chi connectivity index (χ4n) is 3.16. The predicted molar refractivity (Wildman–Crippen MR) is 79.5 cm³/mol. The monoisotopic (exact) mass is 311 g/mol. The third kappa shape index (κ3) is 3.58. The molecule has 3 rings (SSSR count). The minimum Gasteiger partial charge on any atom is -0.481 e. The number of carbonyl (C=O) groups is 1. The van der Waals surface area contributed by atoms with Crippen LogP contribution in [0.2, 0.25) is 0 Å². The summed E-state index contributed by atoms with van der Waals surface area (Å²) in [5.74, 6) is 1.55. The van der Waals surface area contributed by atoms with Crippen LogP contribution < -0.4 is 0 Å². The van der Waals surface area contributed by atoms with Gasteiger partial charge in [0, 0.05) is 19.2 Å². The molecule has 116 valence electrons. The molecule has 3 heterocycles. The molecule has 0 bridgehead atoms. The Morgan fingerprint density at radius 2 is 2.33 bits per heavy atom. The van der Waals surface area contributed by atoms with E-state index in [0.717, 1.165) is 38.0 Å². The zero-order valence-corrected chi connectivity index (χ0v) is 12.8. The molecule has 1 N–H and O–H groups in total. The lowest BCUT2D eigenvalue weighted by atomic mass is 9.85. The van der Waals surface area contributed by atoms with Gasteiger partial charge in [-0.3, -0.25) is 4.79 Å². The number of nitrogens with zero attached hydrogens (tertiary/aromatic N) is 3. The van der Waals surface area contributed by atoms with Gasteiger partial charge in [-0.05, 0) is 37.2 Å². The fourth-order valence-corrected chi connectivity index (χ4v) is 4.40. The van der Waals surface area contributed by atoms with E-state index < -0.39 is 5.97 Å². The van der Waals surface area contributed by atoms with Crippen LogP contribution in [0, 0.1) is 0 Å². The van der Waals surface area contributed by atoms with Crippen molar-refractivity contribution in [3.05, 3.63) is 11.9 Å². The largest absolute Gasteiger partial charge is 0.481 e. The van der Waals surface area contributed by atoms with Crippen molar-refractivity contribution in [2.45, 2.75) is 50.2 Å². The topological polar surface area (TPSA) is 77.2 Å². The van der Waals surface area contributed by atoms with Crippen molar-refractivity contribution in [2.75, 3.05) is 18.1 Å². The molecule has 7 heteroatoms. The molecule has 2 fully saturated rings. The average molecular weight is 311 g/mol. The normalized spacial score (nSPS) is 25.0. The Kier molecular flexibility index (Phi) is 4.49. The number of rotatable bonds is 4. The van der Waals surface area contributed by atoms with Gasteiger partial charge < -0.3 is 9.84 Å². The zero-order valence-electron chi connectivity index (χ0n) is 12.0. The van der Waals surface area contributed by atoms with Gasteiger partial charge in [-0.25, -0.2) is 4.68 Å². The number of ether oxygens (including phenoxy) is 1. The Morgan fingerprint density at radius 1 is 1.52 bits per heavy atom. The fraction of sp³-hybridized carbons (Fsp3) is 0.786. The second-order valence-electron chi connectivity index (χ2n) is 5.87. The molecule has 6 nitrogen and oxygen atoms in total. The summed E-state index contributed by atoms with van der Waals surface area (Å²) in [4.78, 5) is 10.6. The van der Waals surface area contributed by atoms with Crippen LogP contribution in [0.1, 0.15) is 43.8 Å². The Morgan fingerprint density at radius 3 is 3.10 bits per heavy atom. The number of carboxylic acids is 1. The van der Waals surface area contributed by atoms with E-state index in [0.29, 0.717) is 12.5 Å². The Labute approximate surface area is 128 Å². The lowest BCUT2D eigenvalue weighted by molar-refractivity contribution is -0.136. The summed E-state index contributed by atoms with van der Waals surface area (Å²) in [6, 6.07) is 0.327. The Balaban J connectivity index is 1.64. The van der Waals surface area contributed by atoms with Gasteiger partial charge in [0.05, 0.1) is 23.8 Å². The Bertz CT molecular complexity index is 494. The van der Waals surface area contributed by atoms with Crippen molar-refractivity contribution in [3.8, 4) is 0 Å². The van der Waals surface area contributed by atoms with Crippen LogP contribution in [0.25, 0.3) is 0 Å². The van der Waals surface area contributed by atoms with Crippen LogP contribution in [0.3, 0.4) is 0 Å². The molecule has 0 radical (unpaired) electrons. The van der Waals surface area contributed by atoms with Gasteiger partial charge in [-0.1, -0.05) is 5.21 Å². The summed E-state index contributed by atoms with van der Waals surface area (Å²) < 4.78 is 8.01. The number of carboxylic acid groups (broad SMARTS) is 1. The van der Waals surface area contributed by atoms with Crippen molar-refractivity contribution in [3.63, 3.8) is 0 Å². The molecule has 0 aromatic carbocycles. The summed E-state index contributed by atoms with van der Waals surface area (Å²) in [6.45, 7) is 0.777. The van der Waals surface area contributed by atoms with Crippen LogP contribution in [-0.4, -0.2) is 49.8 Å². The quantitative estimate of drug-likeness (QED) is 0.915. The van der Waals surface area contributed by atoms with Crippen molar-refractivity contribution in [2.24, 2.45) is 0 Å². The molecule has 1 aromatic heterocycles. The highest BCUT2D eigenvalue weighted by Gasteiger charge is 2.39. The molecule has 1 atom stereocenters. The van der Waals surface area contributed by atoms with Gasteiger partial charge in [0.2, 0.25) is 0 Å².